The zero-order valence-corrected chi connectivity index (χ0v) is 19.1. The van der Waals surface area contributed by atoms with Gasteiger partial charge < -0.3 is 18.8 Å². The van der Waals surface area contributed by atoms with Crippen molar-refractivity contribution in [2.24, 2.45) is 0 Å². The SMILES string of the molecule is CC1(C)OB(c2ccc(OC(F)F)c(F)c2)OC1(C)C.Fc1cc(Br)ccc1OC(F)F. The van der Waals surface area contributed by atoms with Gasteiger partial charge in [-0.25, -0.2) is 8.78 Å². The molecule has 1 aliphatic heterocycles. The van der Waals surface area contributed by atoms with Gasteiger partial charge in [0.2, 0.25) is 0 Å². The highest BCUT2D eigenvalue weighted by molar-refractivity contribution is 9.10. The van der Waals surface area contributed by atoms with E-state index in [0.29, 0.717) is 9.94 Å². The molecule has 12 heteroatoms. The fourth-order valence-electron chi connectivity index (χ4n) is 2.50. The Bertz CT molecular complexity index is 913. The van der Waals surface area contributed by atoms with Gasteiger partial charge in [-0.1, -0.05) is 22.0 Å². The van der Waals surface area contributed by atoms with Crippen LogP contribution in [0.5, 0.6) is 11.5 Å². The Hall–Kier alpha value is -1.92. The van der Waals surface area contributed by atoms with Crippen molar-refractivity contribution in [1.82, 2.24) is 0 Å². The molecule has 0 spiro atoms. The van der Waals surface area contributed by atoms with E-state index in [1.807, 2.05) is 27.7 Å². The van der Waals surface area contributed by atoms with E-state index >= 15 is 0 Å². The van der Waals surface area contributed by atoms with Crippen LogP contribution in [0.1, 0.15) is 27.7 Å². The van der Waals surface area contributed by atoms with Crippen molar-refractivity contribution in [3.05, 3.63) is 52.5 Å². The molecule has 4 nitrogen and oxygen atoms in total. The first-order valence-electron chi connectivity index (χ1n) is 9.21. The standard InChI is InChI=1S/C13H16BF3O3.C7H4BrF3O/c1-12(2)13(3,4)20-14(19-12)8-5-6-10(9(15)7-8)18-11(16)17;8-4-1-2-6(5(9)3-4)12-7(10)11/h5-7,11H,1-4H3;1-3,7H. The lowest BCUT2D eigenvalue weighted by atomic mass is 9.79. The number of benzene rings is 2. The zero-order chi connectivity index (χ0) is 24.3. The van der Waals surface area contributed by atoms with Gasteiger partial charge in [-0.15, -0.1) is 0 Å². The Kier molecular flexibility index (Phi) is 8.52. The van der Waals surface area contributed by atoms with Gasteiger partial charge in [0.25, 0.3) is 0 Å². The maximum Gasteiger partial charge on any atom is 0.494 e. The number of hydrogen-bond donors (Lipinski definition) is 0. The van der Waals surface area contributed by atoms with Crippen molar-refractivity contribution >= 4 is 28.5 Å². The lowest BCUT2D eigenvalue weighted by Gasteiger charge is -2.32. The predicted octanol–water partition coefficient (Wildman–Crippen LogP) is 5.92. The minimum atomic E-state index is -3.06. The van der Waals surface area contributed by atoms with Crippen LogP contribution in [0.4, 0.5) is 26.3 Å². The molecule has 0 radical (unpaired) electrons. The Balaban J connectivity index is 0.000000258. The number of ether oxygens (including phenoxy) is 2. The van der Waals surface area contributed by atoms with Gasteiger partial charge in [-0.3, -0.25) is 0 Å². The molecule has 0 unspecified atom stereocenters. The quantitative estimate of drug-likeness (QED) is 0.357. The van der Waals surface area contributed by atoms with Gasteiger partial charge in [0.1, 0.15) is 0 Å². The molecular weight excluding hydrogens is 509 g/mol. The van der Waals surface area contributed by atoms with E-state index in [4.69, 9.17) is 9.31 Å². The molecule has 0 amide bonds. The first kappa shape index (κ1) is 26.3. The van der Waals surface area contributed by atoms with Gasteiger partial charge in [0, 0.05) is 4.47 Å². The van der Waals surface area contributed by atoms with Crippen molar-refractivity contribution in [2.75, 3.05) is 0 Å². The average molecular weight is 529 g/mol. The Morgan fingerprint density at radius 1 is 0.781 bits per heavy atom. The van der Waals surface area contributed by atoms with Crippen molar-refractivity contribution in [1.29, 1.82) is 0 Å². The topological polar surface area (TPSA) is 36.9 Å². The molecule has 0 aliphatic carbocycles. The highest BCUT2D eigenvalue weighted by Crippen LogP contribution is 2.36. The van der Waals surface area contributed by atoms with Crippen molar-refractivity contribution in [3.63, 3.8) is 0 Å². The molecule has 0 N–H and O–H groups in total. The molecule has 3 rings (SSSR count). The van der Waals surface area contributed by atoms with Crippen LogP contribution < -0.4 is 14.9 Å². The minimum Gasteiger partial charge on any atom is -0.432 e. The van der Waals surface area contributed by atoms with E-state index in [-0.39, 0.29) is 0 Å². The molecule has 2 aromatic carbocycles. The molecule has 0 bridgehead atoms. The third kappa shape index (κ3) is 6.79. The molecule has 0 atom stereocenters. The highest BCUT2D eigenvalue weighted by atomic mass is 79.9. The summed E-state index contributed by atoms with van der Waals surface area (Å²) in [6, 6.07) is 7.27. The van der Waals surface area contributed by atoms with Crippen LogP contribution in [0, 0.1) is 11.6 Å². The lowest BCUT2D eigenvalue weighted by molar-refractivity contribution is -0.0528. The van der Waals surface area contributed by atoms with Crippen LogP contribution in [0.3, 0.4) is 0 Å². The summed E-state index contributed by atoms with van der Waals surface area (Å²) in [6.45, 7) is 1.43. The maximum atomic E-state index is 13.7. The van der Waals surface area contributed by atoms with Gasteiger partial charge in [-0.05, 0) is 63.5 Å². The molecule has 2 aromatic rings. The van der Waals surface area contributed by atoms with Gasteiger partial charge >= 0.3 is 20.3 Å². The summed E-state index contributed by atoms with van der Waals surface area (Å²) in [4.78, 5) is 0. The number of halogens is 7. The zero-order valence-electron chi connectivity index (χ0n) is 17.5. The maximum absolute atomic E-state index is 13.7. The second-order valence-corrected chi connectivity index (χ2v) is 8.53. The third-order valence-corrected chi connectivity index (χ3v) is 5.30. The summed E-state index contributed by atoms with van der Waals surface area (Å²) in [5.41, 5.74) is -0.679. The molecular formula is C20H20BBrF6O4. The summed E-state index contributed by atoms with van der Waals surface area (Å²) in [5.74, 6) is -2.64. The fraction of sp³-hybridized carbons (Fsp3) is 0.400. The lowest BCUT2D eigenvalue weighted by Crippen LogP contribution is -2.41. The van der Waals surface area contributed by atoms with Crippen molar-refractivity contribution in [2.45, 2.75) is 52.1 Å². The molecule has 1 fully saturated rings. The molecule has 1 aliphatic rings. The largest absolute Gasteiger partial charge is 0.494 e. The van der Waals surface area contributed by atoms with Gasteiger partial charge in [-0.2, -0.15) is 17.6 Å². The summed E-state index contributed by atoms with van der Waals surface area (Å²) in [5, 5.41) is 0. The van der Waals surface area contributed by atoms with Crippen LogP contribution in [-0.2, 0) is 9.31 Å². The molecule has 1 heterocycles. The molecule has 0 aromatic heterocycles. The smallest absolute Gasteiger partial charge is 0.432 e. The number of rotatable bonds is 5. The van der Waals surface area contributed by atoms with Crippen molar-refractivity contribution in [3.8, 4) is 11.5 Å². The van der Waals surface area contributed by atoms with E-state index in [2.05, 4.69) is 25.4 Å². The van der Waals surface area contributed by atoms with Crippen LogP contribution in [0.25, 0.3) is 0 Å². The van der Waals surface area contributed by atoms with Crippen LogP contribution in [0.2, 0.25) is 0 Å². The Labute approximate surface area is 190 Å². The molecule has 0 saturated carbocycles. The van der Waals surface area contributed by atoms with E-state index in [1.165, 1.54) is 12.1 Å². The van der Waals surface area contributed by atoms with E-state index < -0.39 is 54.7 Å². The fourth-order valence-corrected chi connectivity index (χ4v) is 2.83. The highest BCUT2D eigenvalue weighted by Gasteiger charge is 2.51. The van der Waals surface area contributed by atoms with Gasteiger partial charge in [0.05, 0.1) is 11.2 Å². The van der Waals surface area contributed by atoms with E-state index in [9.17, 15) is 26.3 Å². The molecule has 1 saturated heterocycles. The summed E-state index contributed by atoms with van der Waals surface area (Å²) in [6.07, 6.45) is 0. The van der Waals surface area contributed by atoms with Crippen LogP contribution in [0.15, 0.2) is 40.9 Å². The minimum absolute atomic E-state index is 0.419. The van der Waals surface area contributed by atoms with E-state index in [1.54, 1.807) is 0 Å². The van der Waals surface area contributed by atoms with Crippen molar-refractivity contribution < 1.29 is 45.1 Å². The summed E-state index contributed by atoms with van der Waals surface area (Å²) in [7, 11) is -0.741. The molecule has 32 heavy (non-hydrogen) atoms. The third-order valence-electron chi connectivity index (χ3n) is 4.81. The first-order chi connectivity index (χ1) is 14.7. The first-order valence-corrected chi connectivity index (χ1v) is 10.0. The molecule has 176 valence electrons. The van der Waals surface area contributed by atoms with Gasteiger partial charge in [0.15, 0.2) is 23.1 Å². The van der Waals surface area contributed by atoms with Crippen LogP contribution >= 0.6 is 15.9 Å². The second kappa shape index (κ2) is 10.3. The summed E-state index contributed by atoms with van der Waals surface area (Å²) < 4.78 is 93.6. The number of alkyl halides is 4. The average Bonchev–Trinajstić information content (AvgIpc) is 2.87. The Morgan fingerprint density at radius 3 is 1.62 bits per heavy atom. The predicted molar refractivity (Wildman–Crippen MR) is 109 cm³/mol. The Morgan fingerprint density at radius 2 is 1.22 bits per heavy atom. The number of hydrogen-bond acceptors (Lipinski definition) is 4. The monoisotopic (exact) mass is 528 g/mol. The van der Waals surface area contributed by atoms with E-state index in [0.717, 1.165) is 24.3 Å². The van der Waals surface area contributed by atoms with Crippen LogP contribution in [-0.4, -0.2) is 31.5 Å². The summed E-state index contributed by atoms with van der Waals surface area (Å²) >= 11 is 2.98. The second-order valence-electron chi connectivity index (χ2n) is 7.61. The normalized spacial score (nSPS) is 16.7.